The van der Waals surface area contributed by atoms with Crippen LogP contribution in [-0.4, -0.2) is 37.1 Å². The average molecular weight is 231 g/mol. The maximum atomic E-state index is 5.83. The van der Waals surface area contributed by atoms with E-state index in [0.29, 0.717) is 0 Å². The van der Waals surface area contributed by atoms with E-state index in [1.165, 1.54) is 38.0 Å². The second-order valence-corrected chi connectivity index (χ2v) is 5.20. The number of hydrogen-bond donors (Lipinski definition) is 1. The number of nitrogens with zero attached hydrogens (tertiary/aromatic N) is 2. The fourth-order valence-corrected chi connectivity index (χ4v) is 2.82. The molecule has 1 aromatic rings. The molecule has 3 nitrogen and oxygen atoms in total. The topological polar surface area (TPSA) is 32.5 Å². The highest BCUT2D eigenvalue weighted by atomic mass is 15.3. The summed E-state index contributed by atoms with van der Waals surface area (Å²) in [5, 5.41) is 0. The quantitative estimate of drug-likeness (QED) is 0.790. The van der Waals surface area contributed by atoms with Crippen molar-refractivity contribution in [1.29, 1.82) is 0 Å². The van der Waals surface area contributed by atoms with Crippen molar-refractivity contribution in [3.05, 3.63) is 24.3 Å². The minimum absolute atomic E-state index is 0.865. The number of nitrogen functional groups attached to an aromatic ring is 1. The van der Waals surface area contributed by atoms with Crippen LogP contribution in [-0.2, 0) is 0 Å². The molecule has 1 aliphatic heterocycles. The van der Waals surface area contributed by atoms with Crippen molar-refractivity contribution in [3.8, 4) is 0 Å². The van der Waals surface area contributed by atoms with E-state index in [9.17, 15) is 0 Å². The van der Waals surface area contributed by atoms with Crippen molar-refractivity contribution >= 4 is 11.4 Å². The number of piperazine rings is 1. The molecule has 2 N–H and O–H groups in total. The largest absolute Gasteiger partial charge is 0.399 e. The van der Waals surface area contributed by atoms with Gasteiger partial charge in [-0.25, -0.2) is 0 Å². The normalized spacial score (nSPS) is 22.5. The molecular formula is C14H21N3. The Labute approximate surface area is 103 Å². The lowest BCUT2D eigenvalue weighted by molar-refractivity contribution is 0.120. The van der Waals surface area contributed by atoms with Crippen molar-refractivity contribution < 1.29 is 0 Å². The Balaban J connectivity index is 1.60. The molecule has 92 valence electrons. The van der Waals surface area contributed by atoms with Gasteiger partial charge in [-0.1, -0.05) is 12.5 Å². The van der Waals surface area contributed by atoms with Gasteiger partial charge in [0.15, 0.2) is 0 Å². The summed E-state index contributed by atoms with van der Waals surface area (Å²) in [6, 6.07) is 9.13. The predicted molar refractivity (Wildman–Crippen MR) is 72.3 cm³/mol. The van der Waals surface area contributed by atoms with E-state index in [4.69, 9.17) is 5.73 Å². The van der Waals surface area contributed by atoms with Gasteiger partial charge in [0.25, 0.3) is 0 Å². The van der Waals surface area contributed by atoms with Gasteiger partial charge in [0.1, 0.15) is 0 Å². The van der Waals surface area contributed by atoms with Gasteiger partial charge < -0.3 is 10.6 Å². The molecule has 0 spiro atoms. The van der Waals surface area contributed by atoms with Crippen LogP contribution in [0.15, 0.2) is 24.3 Å². The van der Waals surface area contributed by atoms with Gasteiger partial charge in [0.05, 0.1) is 0 Å². The van der Waals surface area contributed by atoms with Crippen molar-refractivity contribution in [3.63, 3.8) is 0 Å². The molecule has 1 aliphatic carbocycles. The average Bonchev–Trinajstić information content (AvgIpc) is 2.28. The molecule has 1 aromatic carbocycles. The second kappa shape index (κ2) is 4.57. The zero-order valence-electron chi connectivity index (χ0n) is 10.3. The summed E-state index contributed by atoms with van der Waals surface area (Å²) in [6.07, 6.45) is 4.26. The molecule has 0 bridgehead atoms. The first-order chi connectivity index (χ1) is 8.33. The van der Waals surface area contributed by atoms with Gasteiger partial charge >= 0.3 is 0 Å². The molecule has 0 aromatic heterocycles. The monoisotopic (exact) mass is 231 g/mol. The van der Waals surface area contributed by atoms with Crippen LogP contribution in [0.2, 0.25) is 0 Å². The Bertz CT molecular complexity index is 379. The summed E-state index contributed by atoms with van der Waals surface area (Å²) in [5.41, 5.74) is 7.98. The summed E-state index contributed by atoms with van der Waals surface area (Å²) < 4.78 is 0. The molecule has 0 atom stereocenters. The van der Waals surface area contributed by atoms with E-state index in [2.05, 4.69) is 21.9 Å². The van der Waals surface area contributed by atoms with E-state index >= 15 is 0 Å². The number of anilines is 2. The van der Waals surface area contributed by atoms with Crippen molar-refractivity contribution in [2.45, 2.75) is 25.3 Å². The van der Waals surface area contributed by atoms with Gasteiger partial charge in [0, 0.05) is 43.6 Å². The Morgan fingerprint density at radius 3 is 2.41 bits per heavy atom. The molecule has 1 saturated heterocycles. The molecule has 0 radical (unpaired) electrons. The van der Waals surface area contributed by atoms with Gasteiger partial charge in [0.2, 0.25) is 0 Å². The highest BCUT2D eigenvalue weighted by molar-refractivity contribution is 5.56. The SMILES string of the molecule is Nc1cccc(N2CCN(C3CCC3)CC2)c1. The molecule has 2 fully saturated rings. The lowest BCUT2D eigenvalue weighted by Crippen LogP contribution is -2.52. The lowest BCUT2D eigenvalue weighted by atomic mass is 9.91. The third-order valence-corrected chi connectivity index (χ3v) is 4.14. The molecule has 0 unspecified atom stereocenters. The van der Waals surface area contributed by atoms with Gasteiger partial charge in [-0.3, -0.25) is 4.90 Å². The minimum atomic E-state index is 0.865. The number of benzene rings is 1. The van der Waals surface area contributed by atoms with Gasteiger partial charge in [-0.15, -0.1) is 0 Å². The van der Waals surface area contributed by atoms with Gasteiger partial charge in [-0.2, -0.15) is 0 Å². The number of nitrogens with two attached hydrogens (primary N) is 1. The smallest absolute Gasteiger partial charge is 0.0387 e. The van der Waals surface area contributed by atoms with Crippen LogP contribution in [0.4, 0.5) is 11.4 Å². The zero-order chi connectivity index (χ0) is 11.7. The van der Waals surface area contributed by atoms with E-state index in [0.717, 1.165) is 24.8 Å². The van der Waals surface area contributed by atoms with E-state index < -0.39 is 0 Å². The Hall–Kier alpha value is -1.22. The van der Waals surface area contributed by atoms with Crippen molar-refractivity contribution in [2.24, 2.45) is 0 Å². The van der Waals surface area contributed by atoms with Gasteiger partial charge in [-0.05, 0) is 31.0 Å². The summed E-state index contributed by atoms with van der Waals surface area (Å²) in [6.45, 7) is 4.69. The maximum Gasteiger partial charge on any atom is 0.0387 e. The summed E-state index contributed by atoms with van der Waals surface area (Å²) in [7, 11) is 0. The first-order valence-electron chi connectivity index (χ1n) is 6.67. The van der Waals surface area contributed by atoms with Crippen LogP contribution in [0.3, 0.4) is 0 Å². The molecular weight excluding hydrogens is 210 g/mol. The van der Waals surface area contributed by atoms with E-state index in [-0.39, 0.29) is 0 Å². The maximum absolute atomic E-state index is 5.83. The standard InChI is InChI=1S/C14H21N3/c15-12-3-1-6-14(11-12)17-9-7-16(8-10-17)13-4-2-5-13/h1,3,6,11,13H,2,4-5,7-10,15H2. The van der Waals surface area contributed by atoms with E-state index in [1.54, 1.807) is 0 Å². The minimum Gasteiger partial charge on any atom is -0.399 e. The fraction of sp³-hybridized carbons (Fsp3) is 0.571. The fourth-order valence-electron chi connectivity index (χ4n) is 2.82. The van der Waals surface area contributed by atoms with Crippen molar-refractivity contribution in [2.75, 3.05) is 36.8 Å². The number of hydrogen-bond acceptors (Lipinski definition) is 3. The van der Waals surface area contributed by atoms with Crippen LogP contribution in [0.25, 0.3) is 0 Å². The molecule has 3 heteroatoms. The van der Waals surface area contributed by atoms with Crippen molar-refractivity contribution in [1.82, 2.24) is 4.90 Å². The molecule has 1 heterocycles. The van der Waals surface area contributed by atoms with E-state index in [1.807, 2.05) is 12.1 Å². The summed E-state index contributed by atoms with van der Waals surface area (Å²) in [5.74, 6) is 0. The predicted octanol–water partition coefficient (Wildman–Crippen LogP) is 1.94. The highest BCUT2D eigenvalue weighted by Crippen LogP contribution is 2.27. The first-order valence-corrected chi connectivity index (χ1v) is 6.67. The Kier molecular flexibility index (Phi) is 2.93. The second-order valence-electron chi connectivity index (χ2n) is 5.20. The summed E-state index contributed by atoms with van der Waals surface area (Å²) in [4.78, 5) is 5.11. The summed E-state index contributed by atoms with van der Waals surface area (Å²) >= 11 is 0. The van der Waals surface area contributed by atoms with Crippen LogP contribution in [0.1, 0.15) is 19.3 Å². The Morgan fingerprint density at radius 2 is 1.82 bits per heavy atom. The third-order valence-electron chi connectivity index (χ3n) is 4.14. The number of rotatable bonds is 2. The molecule has 0 amide bonds. The molecule has 2 aliphatic rings. The molecule has 17 heavy (non-hydrogen) atoms. The van der Waals surface area contributed by atoms with Crippen LogP contribution in [0.5, 0.6) is 0 Å². The lowest BCUT2D eigenvalue weighted by Gasteiger charge is -2.43. The van der Waals surface area contributed by atoms with Crippen LogP contribution < -0.4 is 10.6 Å². The van der Waals surface area contributed by atoms with Crippen LogP contribution >= 0.6 is 0 Å². The molecule has 3 rings (SSSR count). The highest BCUT2D eigenvalue weighted by Gasteiger charge is 2.27. The third kappa shape index (κ3) is 2.25. The first kappa shape index (κ1) is 10.9. The molecule has 1 saturated carbocycles. The zero-order valence-corrected chi connectivity index (χ0v) is 10.3. The Morgan fingerprint density at radius 1 is 1.06 bits per heavy atom. The van der Waals surface area contributed by atoms with Crippen LogP contribution in [0, 0.1) is 0 Å².